The topological polar surface area (TPSA) is 56.1 Å². The van der Waals surface area contributed by atoms with Crippen LogP contribution >= 0.6 is 0 Å². The molecule has 0 spiro atoms. The molecule has 0 bridgehead atoms. The van der Waals surface area contributed by atoms with Crippen molar-refractivity contribution in [1.82, 2.24) is 10.2 Å². The summed E-state index contributed by atoms with van der Waals surface area (Å²) < 4.78 is 39.7. The highest BCUT2D eigenvalue weighted by molar-refractivity contribution is 5.73. The Balaban J connectivity index is 2.17. The van der Waals surface area contributed by atoms with E-state index in [2.05, 4.69) is 5.32 Å². The minimum Gasteiger partial charge on any atom is -0.352 e. The van der Waals surface area contributed by atoms with E-state index in [1.165, 1.54) is 11.8 Å². The summed E-state index contributed by atoms with van der Waals surface area (Å²) in [7, 11) is 0. The monoisotopic (exact) mass is 325 g/mol. The van der Waals surface area contributed by atoms with Crippen molar-refractivity contribution >= 4 is 5.91 Å². The van der Waals surface area contributed by atoms with Gasteiger partial charge in [0.25, 0.3) is 0 Å². The molecule has 124 valence electrons. The van der Waals surface area contributed by atoms with E-state index in [-0.39, 0.29) is 31.5 Å². The lowest BCUT2D eigenvalue weighted by molar-refractivity contribution is -0.194. The lowest BCUT2D eigenvalue weighted by Gasteiger charge is -2.40. The second-order valence-corrected chi connectivity index (χ2v) is 5.77. The van der Waals surface area contributed by atoms with Crippen LogP contribution in [0.25, 0.3) is 0 Å². The molecule has 4 nitrogen and oxygen atoms in total. The molecule has 0 unspecified atom stereocenters. The van der Waals surface area contributed by atoms with Gasteiger partial charge in [-0.1, -0.05) is 12.1 Å². The van der Waals surface area contributed by atoms with E-state index in [0.717, 1.165) is 0 Å². The number of rotatable bonds is 3. The summed E-state index contributed by atoms with van der Waals surface area (Å²) in [6.07, 6.45) is -4.06. The van der Waals surface area contributed by atoms with Gasteiger partial charge in [0.05, 0.1) is 11.6 Å². The summed E-state index contributed by atoms with van der Waals surface area (Å²) >= 11 is 0. The lowest BCUT2D eigenvalue weighted by atomic mass is 9.96. The number of nitrogens with one attached hydrogen (secondary N) is 1. The molecule has 2 atom stereocenters. The molecular weight excluding hydrogens is 307 g/mol. The molecule has 0 aromatic heterocycles. The number of alkyl halides is 3. The zero-order valence-corrected chi connectivity index (χ0v) is 12.7. The maximum atomic E-state index is 13.2. The minimum absolute atomic E-state index is 0.0492. The molecule has 23 heavy (non-hydrogen) atoms. The number of carbonyl (C=O) groups is 1. The molecule has 1 aromatic carbocycles. The van der Waals surface area contributed by atoms with E-state index in [4.69, 9.17) is 5.26 Å². The van der Waals surface area contributed by atoms with Gasteiger partial charge in [0.2, 0.25) is 5.91 Å². The largest absolute Gasteiger partial charge is 0.404 e. The predicted molar refractivity (Wildman–Crippen MR) is 78.2 cm³/mol. The first-order chi connectivity index (χ1) is 10.8. The van der Waals surface area contributed by atoms with E-state index in [0.29, 0.717) is 17.5 Å². The quantitative estimate of drug-likeness (QED) is 0.929. The van der Waals surface area contributed by atoms with Crippen LogP contribution in [0.4, 0.5) is 13.2 Å². The molecule has 1 aliphatic heterocycles. The molecule has 0 aliphatic carbocycles. The second-order valence-electron chi connectivity index (χ2n) is 5.77. The van der Waals surface area contributed by atoms with E-state index >= 15 is 0 Å². The number of nitrogens with zero attached hydrogens (tertiary/aromatic N) is 2. The predicted octanol–water partition coefficient (Wildman–Crippen LogP) is 2.59. The molecule has 1 saturated heterocycles. The van der Waals surface area contributed by atoms with Crippen molar-refractivity contribution in [2.45, 2.75) is 44.6 Å². The van der Waals surface area contributed by atoms with E-state index in [1.807, 2.05) is 6.07 Å². The number of hydrogen-bond acceptors (Lipinski definition) is 3. The van der Waals surface area contributed by atoms with Crippen LogP contribution in [0, 0.1) is 11.3 Å². The Morgan fingerprint density at radius 1 is 1.43 bits per heavy atom. The van der Waals surface area contributed by atoms with Crippen molar-refractivity contribution < 1.29 is 18.0 Å². The first-order valence-electron chi connectivity index (χ1n) is 7.36. The number of nitriles is 1. The number of likely N-dealkylation sites (tertiary alicyclic amines) is 1. The summed E-state index contributed by atoms with van der Waals surface area (Å²) in [6, 6.07) is 6.73. The Morgan fingerprint density at radius 3 is 2.78 bits per heavy atom. The molecule has 1 amide bonds. The number of amides is 1. The third-order valence-corrected chi connectivity index (χ3v) is 3.91. The molecule has 0 saturated carbocycles. The highest BCUT2D eigenvalue weighted by atomic mass is 19.4. The summed E-state index contributed by atoms with van der Waals surface area (Å²) in [4.78, 5) is 12.5. The van der Waals surface area contributed by atoms with Crippen molar-refractivity contribution in [2.24, 2.45) is 0 Å². The van der Waals surface area contributed by atoms with Gasteiger partial charge in [-0.25, -0.2) is 0 Å². The molecule has 2 rings (SSSR count). The third-order valence-electron chi connectivity index (χ3n) is 3.91. The summed E-state index contributed by atoms with van der Waals surface area (Å²) in [5, 5.41) is 11.6. The zero-order chi connectivity index (χ0) is 17.0. The van der Waals surface area contributed by atoms with Gasteiger partial charge in [-0.15, -0.1) is 0 Å². The zero-order valence-electron chi connectivity index (χ0n) is 12.7. The number of piperidine rings is 1. The Labute approximate surface area is 132 Å². The highest BCUT2D eigenvalue weighted by Crippen LogP contribution is 2.33. The van der Waals surface area contributed by atoms with Crippen LogP contribution in [0.2, 0.25) is 0 Å². The molecule has 1 aliphatic rings. The van der Waals surface area contributed by atoms with Crippen LogP contribution in [0.3, 0.4) is 0 Å². The van der Waals surface area contributed by atoms with Crippen LogP contribution < -0.4 is 5.32 Å². The summed E-state index contributed by atoms with van der Waals surface area (Å²) in [6.45, 7) is 1.59. The van der Waals surface area contributed by atoms with Gasteiger partial charge in [0, 0.05) is 26.1 Å². The van der Waals surface area contributed by atoms with Crippen molar-refractivity contribution in [3.8, 4) is 6.07 Å². The maximum absolute atomic E-state index is 13.2. The fourth-order valence-electron chi connectivity index (χ4n) is 2.97. The van der Waals surface area contributed by atoms with Gasteiger partial charge < -0.3 is 5.32 Å². The number of carbonyl (C=O) groups excluding carboxylic acids is 1. The molecule has 1 N–H and O–H groups in total. The van der Waals surface area contributed by atoms with Gasteiger partial charge in [-0.05, 0) is 30.5 Å². The molecule has 1 aromatic rings. The fourth-order valence-corrected chi connectivity index (χ4v) is 2.97. The molecule has 0 radical (unpaired) electrons. The standard InChI is InChI=1S/C16H18F3N3O/c1-11(23)21-14-5-6-15(16(17,18)19)22(10-14)9-13-4-2-3-12(7-13)8-20/h2-4,7,14-15H,5-6,9-10H2,1H3,(H,21,23)/t14-,15-/m1/s1. The molecule has 1 heterocycles. The summed E-state index contributed by atoms with van der Waals surface area (Å²) in [5.41, 5.74) is 1.07. The lowest BCUT2D eigenvalue weighted by Crippen LogP contribution is -2.55. The second kappa shape index (κ2) is 7.01. The highest BCUT2D eigenvalue weighted by Gasteiger charge is 2.46. The van der Waals surface area contributed by atoms with Crippen LogP contribution in [0.15, 0.2) is 24.3 Å². The SMILES string of the molecule is CC(=O)N[C@@H]1CC[C@H](C(F)(F)F)N(Cc2cccc(C#N)c2)C1. The van der Waals surface area contributed by atoms with Crippen molar-refractivity contribution in [3.63, 3.8) is 0 Å². The van der Waals surface area contributed by atoms with E-state index in [9.17, 15) is 18.0 Å². The van der Waals surface area contributed by atoms with Crippen LogP contribution in [-0.2, 0) is 11.3 Å². The average molecular weight is 325 g/mol. The van der Waals surface area contributed by atoms with Crippen LogP contribution in [0.1, 0.15) is 30.9 Å². The van der Waals surface area contributed by atoms with Crippen LogP contribution in [-0.4, -0.2) is 35.6 Å². The minimum atomic E-state index is -4.31. The number of benzene rings is 1. The Kier molecular flexibility index (Phi) is 5.26. The molecule has 1 fully saturated rings. The summed E-state index contributed by atoms with van der Waals surface area (Å²) in [5.74, 6) is -0.244. The van der Waals surface area contributed by atoms with Crippen molar-refractivity contribution in [2.75, 3.05) is 6.54 Å². The van der Waals surface area contributed by atoms with Crippen molar-refractivity contribution in [3.05, 3.63) is 35.4 Å². The normalized spacial score (nSPS) is 22.4. The van der Waals surface area contributed by atoms with E-state index in [1.54, 1.807) is 24.3 Å². The van der Waals surface area contributed by atoms with Gasteiger partial charge >= 0.3 is 6.18 Å². The molecular formula is C16H18F3N3O. The maximum Gasteiger partial charge on any atom is 0.404 e. The smallest absolute Gasteiger partial charge is 0.352 e. The Morgan fingerprint density at radius 2 is 2.17 bits per heavy atom. The number of hydrogen-bond donors (Lipinski definition) is 1. The fraction of sp³-hybridized carbons (Fsp3) is 0.500. The average Bonchev–Trinajstić information content (AvgIpc) is 2.45. The van der Waals surface area contributed by atoms with Gasteiger partial charge in [0.1, 0.15) is 6.04 Å². The third kappa shape index (κ3) is 4.70. The Bertz CT molecular complexity index is 609. The van der Waals surface area contributed by atoms with Crippen molar-refractivity contribution in [1.29, 1.82) is 5.26 Å². The van der Waals surface area contributed by atoms with Gasteiger partial charge in [0.15, 0.2) is 0 Å². The first-order valence-corrected chi connectivity index (χ1v) is 7.36. The number of halogens is 3. The molecule has 7 heteroatoms. The van der Waals surface area contributed by atoms with E-state index < -0.39 is 12.2 Å². The van der Waals surface area contributed by atoms with Gasteiger partial charge in [-0.3, -0.25) is 9.69 Å². The Hall–Kier alpha value is -2.07. The first kappa shape index (κ1) is 17.3. The van der Waals surface area contributed by atoms with Gasteiger partial charge in [-0.2, -0.15) is 18.4 Å². The van der Waals surface area contributed by atoms with Crippen LogP contribution in [0.5, 0.6) is 0 Å².